The lowest BCUT2D eigenvalue weighted by Gasteiger charge is -2.22. The van der Waals surface area contributed by atoms with Gasteiger partial charge < -0.3 is 10.5 Å². The van der Waals surface area contributed by atoms with Crippen molar-refractivity contribution in [2.75, 3.05) is 13.2 Å². The highest BCUT2D eigenvalue weighted by molar-refractivity contribution is 5.69. The van der Waals surface area contributed by atoms with Crippen molar-refractivity contribution in [3.63, 3.8) is 0 Å². The summed E-state index contributed by atoms with van der Waals surface area (Å²) in [4.78, 5) is 11.0. The molecule has 0 saturated heterocycles. The zero-order valence-electron chi connectivity index (χ0n) is 8.93. The van der Waals surface area contributed by atoms with Gasteiger partial charge in [-0.3, -0.25) is 4.79 Å². The van der Waals surface area contributed by atoms with Crippen LogP contribution in [0, 0.1) is 5.41 Å². The first-order chi connectivity index (χ1) is 6.02. The average molecular weight is 187 g/mol. The van der Waals surface area contributed by atoms with Crippen molar-refractivity contribution in [3.05, 3.63) is 0 Å². The Bertz CT molecular complexity index is 155. The summed E-state index contributed by atoms with van der Waals surface area (Å²) in [5.74, 6) is -0.104. The molecule has 13 heavy (non-hydrogen) atoms. The molecule has 0 rings (SSSR count). The quantitative estimate of drug-likeness (QED) is 0.644. The third-order valence-electron chi connectivity index (χ3n) is 2.13. The Kier molecular flexibility index (Phi) is 5.71. The Balaban J connectivity index is 3.67. The fourth-order valence-electron chi connectivity index (χ4n) is 1.19. The van der Waals surface area contributed by atoms with Gasteiger partial charge in [-0.15, -0.1) is 0 Å². The second kappa shape index (κ2) is 5.97. The lowest BCUT2D eigenvalue weighted by Crippen LogP contribution is -2.19. The maximum absolute atomic E-state index is 11.0. The van der Waals surface area contributed by atoms with Gasteiger partial charge in [0.15, 0.2) is 0 Å². The van der Waals surface area contributed by atoms with Gasteiger partial charge in [-0.1, -0.05) is 13.8 Å². The Morgan fingerprint density at radius 2 is 2.00 bits per heavy atom. The standard InChI is InChI=1S/C10H21NO2/c1-4-13-9(12)5-6-10(2,3)7-8-11/h4-8,11H2,1-3H3. The van der Waals surface area contributed by atoms with Gasteiger partial charge in [0.25, 0.3) is 0 Å². The number of ether oxygens (including phenoxy) is 1. The minimum atomic E-state index is -0.104. The van der Waals surface area contributed by atoms with E-state index in [2.05, 4.69) is 13.8 Å². The lowest BCUT2D eigenvalue weighted by molar-refractivity contribution is -0.143. The van der Waals surface area contributed by atoms with E-state index in [0.717, 1.165) is 12.8 Å². The maximum atomic E-state index is 11.0. The van der Waals surface area contributed by atoms with Crippen molar-refractivity contribution >= 4 is 5.97 Å². The van der Waals surface area contributed by atoms with Gasteiger partial charge in [0.05, 0.1) is 6.61 Å². The molecule has 0 atom stereocenters. The van der Waals surface area contributed by atoms with Gasteiger partial charge in [0, 0.05) is 6.42 Å². The molecule has 0 aromatic rings. The van der Waals surface area contributed by atoms with E-state index < -0.39 is 0 Å². The Morgan fingerprint density at radius 1 is 1.38 bits per heavy atom. The smallest absolute Gasteiger partial charge is 0.305 e. The van der Waals surface area contributed by atoms with Gasteiger partial charge in [-0.05, 0) is 31.7 Å². The molecule has 0 aliphatic carbocycles. The van der Waals surface area contributed by atoms with Crippen molar-refractivity contribution in [1.82, 2.24) is 0 Å². The molecule has 0 bridgehead atoms. The number of carbonyl (C=O) groups excluding carboxylic acids is 1. The van der Waals surface area contributed by atoms with E-state index in [9.17, 15) is 4.79 Å². The Labute approximate surface area is 80.6 Å². The van der Waals surface area contributed by atoms with Gasteiger partial charge in [0.2, 0.25) is 0 Å². The summed E-state index contributed by atoms with van der Waals surface area (Å²) in [6.07, 6.45) is 2.30. The first-order valence-corrected chi connectivity index (χ1v) is 4.87. The van der Waals surface area contributed by atoms with Crippen LogP contribution in [0.15, 0.2) is 0 Å². The minimum Gasteiger partial charge on any atom is -0.466 e. The molecule has 0 saturated carbocycles. The molecular formula is C10H21NO2. The van der Waals surface area contributed by atoms with Crippen LogP contribution in [0.2, 0.25) is 0 Å². The molecule has 0 radical (unpaired) electrons. The number of carbonyl (C=O) groups is 1. The molecular weight excluding hydrogens is 166 g/mol. The van der Waals surface area contributed by atoms with Gasteiger partial charge in [-0.25, -0.2) is 0 Å². The summed E-state index contributed by atoms with van der Waals surface area (Å²) in [5.41, 5.74) is 5.62. The van der Waals surface area contributed by atoms with Gasteiger partial charge >= 0.3 is 5.97 Å². The molecule has 0 heterocycles. The van der Waals surface area contributed by atoms with Crippen LogP contribution in [0.1, 0.15) is 40.0 Å². The SMILES string of the molecule is CCOC(=O)CCC(C)(C)CCN. The second-order valence-corrected chi connectivity index (χ2v) is 4.01. The van der Waals surface area contributed by atoms with Crippen molar-refractivity contribution in [2.45, 2.75) is 40.0 Å². The van der Waals surface area contributed by atoms with E-state index in [1.165, 1.54) is 0 Å². The predicted octanol–water partition coefficient (Wildman–Crippen LogP) is 1.70. The Morgan fingerprint density at radius 3 is 2.46 bits per heavy atom. The highest BCUT2D eigenvalue weighted by Gasteiger charge is 2.18. The average Bonchev–Trinajstić information content (AvgIpc) is 2.02. The van der Waals surface area contributed by atoms with Crippen LogP contribution in [0.5, 0.6) is 0 Å². The first kappa shape index (κ1) is 12.4. The summed E-state index contributed by atoms with van der Waals surface area (Å²) in [6.45, 7) is 7.22. The van der Waals surface area contributed by atoms with E-state index in [-0.39, 0.29) is 11.4 Å². The molecule has 0 amide bonds. The van der Waals surface area contributed by atoms with Gasteiger partial charge in [0.1, 0.15) is 0 Å². The topological polar surface area (TPSA) is 52.3 Å². The van der Waals surface area contributed by atoms with Crippen molar-refractivity contribution < 1.29 is 9.53 Å². The molecule has 3 heteroatoms. The highest BCUT2D eigenvalue weighted by atomic mass is 16.5. The fraction of sp³-hybridized carbons (Fsp3) is 0.900. The Hall–Kier alpha value is -0.570. The van der Waals surface area contributed by atoms with Crippen LogP contribution in [0.3, 0.4) is 0 Å². The van der Waals surface area contributed by atoms with Crippen LogP contribution >= 0.6 is 0 Å². The molecule has 0 fully saturated rings. The number of esters is 1. The van der Waals surface area contributed by atoms with Crippen LogP contribution in [-0.2, 0) is 9.53 Å². The van der Waals surface area contributed by atoms with Gasteiger partial charge in [-0.2, -0.15) is 0 Å². The molecule has 3 nitrogen and oxygen atoms in total. The summed E-state index contributed by atoms with van der Waals surface area (Å²) in [5, 5.41) is 0. The van der Waals surface area contributed by atoms with Crippen LogP contribution < -0.4 is 5.73 Å². The molecule has 2 N–H and O–H groups in total. The van der Waals surface area contributed by atoms with Crippen LogP contribution in [-0.4, -0.2) is 19.1 Å². The largest absolute Gasteiger partial charge is 0.466 e. The minimum absolute atomic E-state index is 0.104. The molecule has 0 aliphatic heterocycles. The fourth-order valence-corrected chi connectivity index (χ4v) is 1.19. The zero-order chi connectivity index (χ0) is 10.3. The summed E-state index contributed by atoms with van der Waals surface area (Å²) in [7, 11) is 0. The lowest BCUT2D eigenvalue weighted by atomic mass is 9.84. The number of nitrogens with two attached hydrogens (primary N) is 1. The van der Waals surface area contributed by atoms with E-state index in [1.807, 2.05) is 6.92 Å². The normalized spacial score (nSPS) is 11.4. The molecule has 0 aromatic carbocycles. The number of hydrogen-bond acceptors (Lipinski definition) is 3. The van der Waals surface area contributed by atoms with E-state index in [4.69, 9.17) is 10.5 Å². The third-order valence-corrected chi connectivity index (χ3v) is 2.13. The molecule has 0 spiro atoms. The number of rotatable bonds is 6. The van der Waals surface area contributed by atoms with E-state index in [1.54, 1.807) is 0 Å². The third kappa shape index (κ3) is 6.58. The second-order valence-electron chi connectivity index (χ2n) is 4.01. The highest BCUT2D eigenvalue weighted by Crippen LogP contribution is 2.25. The maximum Gasteiger partial charge on any atom is 0.305 e. The van der Waals surface area contributed by atoms with E-state index >= 15 is 0 Å². The molecule has 0 unspecified atom stereocenters. The van der Waals surface area contributed by atoms with E-state index in [0.29, 0.717) is 19.6 Å². The monoisotopic (exact) mass is 187 g/mol. The molecule has 0 aromatic heterocycles. The van der Waals surface area contributed by atoms with Crippen molar-refractivity contribution in [3.8, 4) is 0 Å². The first-order valence-electron chi connectivity index (χ1n) is 4.87. The molecule has 0 aliphatic rings. The zero-order valence-corrected chi connectivity index (χ0v) is 8.93. The summed E-state index contributed by atoms with van der Waals surface area (Å²) in [6, 6.07) is 0. The number of hydrogen-bond donors (Lipinski definition) is 1. The van der Waals surface area contributed by atoms with Crippen LogP contribution in [0.4, 0.5) is 0 Å². The molecule has 78 valence electrons. The van der Waals surface area contributed by atoms with Crippen molar-refractivity contribution in [2.24, 2.45) is 11.1 Å². The summed E-state index contributed by atoms with van der Waals surface area (Å²) >= 11 is 0. The van der Waals surface area contributed by atoms with Crippen LogP contribution in [0.25, 0.3) is 0 Å². The predicted molar refractivity (Wildman–Crippen MR) is 53.3 cm³/mol. The summed E-state index contributed by atoms with van der Waals surface area (Å²) < 4.78 is 4.85. The van der Waals surface area contributed by atoms with Crippen molar-refractivity contribution in [1.29, 1.82) is 0 Å².